The van der Waals surface area contributed by atoms with E-state index in [0.717, 1.165) is 12.0 Å². The molecule has 0 saturated heterocycles. The van der Waals surface area contributed by atoms with Crippen LogP contribution in [-0.2, 0) is 6.42 Å². The van der Waals surface area contributed by atoms with E-state index in [1.54, 1.807) is 6.07 Å². The molecule has 3 heteroatoms. The summed E-state index contributed by atoms with van der Waals surface area (Å²) in [5, 5.41) is 0. The molecule has 0 aliphatic carbocycles. The van der Waals surface area contributed by atoms with Gasteiger partial charge in [0.05, 0.1) is 4.47 Å². The largest absolute Gasteiger partial charge is 0.325 e. The van der Waals surface area contributed by atoms with E-state index in [9.17, 15) is 4.39 Å². The van der Waals surface area contributed by atoms with Crippen molar-refractivity contribution in [2.45, 2.75) is 32.2 Å². The van der Waals surface area contributed by atoms with Gasteiger partial charge >= 0.3 is 0 Å². The normalized spacial score (nSPS) is 15.2. The van der Waals surface area contributed by atoms with E-state index in [1.165, 1.54) is 6.07 Å². The molecular formula is C11H15BrFN. The van der Waals surface area contributed by atoms with Crippen molar-refractivity contribution in [3.63, 3.8) is 0 Å². The van der Waals surface area contributed by atoms with Gasteiger partial charge in [0.15, 0.2) is 0 Å². The highest BCUT2D eigenvalue weighted by molar-refractivity contribution is 9.10. The van der Waals surface area contributed by atoms with Crippen molar-refractivity contribution < 1.29 is 4.39 Å². The Kier molecular flexibility index (Phi) is 3.67. The van der Waals surface area contributed by atoms with Crippen molar-refractivity contribution in [2.75, 3.05) is 0 Å². The lowest BCUT2D eigenvalue weighted by molar-refractivity contribution is 0.448. The third-order valence-corrected chi connectivity index (χ3v) is 3.32. The quantitative estimate of drug-likeness (QED) is 0.886. The first-order valence-electron chi connectivity index (χ1n) is 4.68. The number of halogens is 2. The van der Waals surface area contributed by atoms with Gasteiger partial charge in [-0.2, -0.15) is 0 Å². The Morgan fingerprint density at radius 2 is 2.14 bits per heavy atom. The summed E-state index contributed by atoms with van der Waals surface area (Å²) in [6.07, 6.45) is 1.55. The predicted octanol–water partition coefficient (Wildman–Crippen LogP) is 3.26. The third kappa shape index (κ3) is 2.79. The predicted molar refractivity (Wildman–Crippen MR) is 60.7 cm³/mol. The topological polar surface area (TPSA) is 26.0 Å². The van der Waals surface area contributed by atoms with Crippen LogP contribution >= 0.6 is 15.9 Å². The zero-order valence-corrected chi connectivity index (χ0v) is 10.1. The first-order chi connectivity index (χ1) is 6.46. The van der Waals surface area contributed by atoms with Crippen molar-refractivity contribution >= 4 is 15.9 Å². The molecule has 78 valence electrons. The van der Waals surface area contributed by atoms with Crippen LogP contribution in [0.25, 0.3) is 0 Å². The Balaban J connectivity index is 2.92. The first kappa shape index (κ1) is 11.7. The SMILES string of the molecule is CCC(C)(N)Cc1cccc(F)c1Br. The third-order valence-electron chi connectivity index (χ3n) is 2.43. The molecule has 0 aliphatic rings. The molecule has 0 aliphatic heterocycles. The number of rotatable bonds is 3. The molecule has 14 heavy (non-hydrogen) atoms. The Morgan fingerprint density at radius 1 is 1.50 bits per heavy atom. The molecule has 1 aromatic carbocycles. The van der Waals surface area contributed by atoms with Crippen molar-refractivity contribution in [1.82, 2.24) is 0 Å². The zero-order chi connectivity index (χ0) is 10.8. The van der Waals surface area contributed by atoms with E-state index in [1.807, 2.05) is 19.9 Å². The Morgan fingerprint density at radius 3 is 2.71 bits per heavy atom. The van der Waals surface area contributed by atoms with Gasteiger partial charge in [-0.05, 0) is 47.3 Å². The molecule has 1 nitrogen and oxygen atoms in total. The number of hydrogen-bond donors (Lipinski definition) is 1. The molecule has 0 aromatic heterocycles. The minimum absolute atomic E-state index is 0.227. The minimum atomic E-state index is -0.268. The Hall–Kier alpha value is -0.410. The average Bonchev–Trinajstić information content (AvgIpc) is 2.13. The molecule has 1 rings (SSSR count). The van der Waals surface area contributed by atoms with Crippen LogP contribution in [0.2, 0.25) is 0 Å². The maximum absolute atomic E-state index is 13.2. The molecule has 1 unspecified atom stereocenters. The fraction of sp³-hybridized carbons (Fsp3) is 0.455. The van der Waals surface area contributed by atoms with E-state index >= 15 is 0 Å². The Labute approximate surface area is 92.6 Å². The molecule has 0 radical (unpaired) electrons. The lowest BCUT2D eigenvalue weighted by atomic mass is 9.91. The van der Waals surface area contributed by atoms with Crippen LogP contribution < -0.4 is 5.73 Å². The van der Waals surface area contributed by atoms with Gasteiger partial charge in [-0.3, -0.25) is 0 Å². The summed E-state index contributed by atoms with van der Waals surface area (Å²) in [4.78, 5) is 0. The summed E-state index contributed by atoms with van der Waals surface area (Å²) in [6.45, 7) is 4.01. The van der Waals surface area contributed by atoms with E-state index in [-0.39, 0.29) is 11.4 Å². The van der Waals surface area contributed by atoms with Gasteiger partial charge in [-0.15, -0.1) is 0 Å². The van der Waals surface area contributed by atoms with Gasteiger partial charge in [0, 0.05) is 5.54 Å². The summed E-state index contributed by atoms with van der Waals surface area (Å²) >= 11 is 3.23. The highest BCUT2D eigenvalue weighted by Crippen LogP contribution is 2.24. The lowest BCUT2D eigenvalue weighted by Crippen LogP contribution is -2.37. The van der Waals surface area contributed by atoms with Crippen molar-refractivity contribution in [3.05, 3.63) is 34.1 Å². The molecule has 0 amide bonds. The van der Waals surface area contributed by atoms with Crippen LogP contribution in [0.4, 0.5) is 4.39 Å². The summed E-state index contributed by atoms with van der Waals surface area (Å²) in [7, 11) is 0. The summed E-state index contributed by atoms with van der Waals surface area (Å²) < 4.78 is 13.7. The second-order valence-electron chi connectivity index (χ2n) is 3.90. The van der Waals surface area contributed by atoms with Crippen molar-refractivity contribution in [3.8, 4) is 0 Å². The molecule has 0 heterocycles. The summed E-state index contributed by atoms with van der Waals surface area (Å²) in [6, 6.07) is 5.04. The van der Waals surface area contributed by atoms with Crippen LogP contribution in [0.3, 0.4) is 0 Å². The van der Waals surface area contributed by atoms with Gasteiger partial charge in [-0.1, -0.05) is 19.1 Å². The average molecular weight is 260 g/mol. The molecule has 2 N–H and O–H groups in total. The lowest BCUT2D eigenvalue weighted by Gasteiger charge is -2.23. The van der Waals surface area contributed by atoms with Gasteiger partial charge in [0.2, 0.25) is 0 Å². The highest BCUT2D eigenvalue weighted by Gasteiger charge is 2.18. The zero-order valence-electron chi connectivity index (χ0n) is 8.48. The number of hydrogen-bond acceptors (Lipinski definition) is 1. The smallest absolute Gasteiger partial charge is 0.137 e. The maximum Gasteiger partial charge on any atom is 0.137 e. The fourth-order valence-corrected chi connectivity index (χ4v) is 1.65. The van der Waals surface area contributed by atoms with Crippen molar-refractivity contribution in [1.29, 1.82) is 0 Å². The van der Waals surface area contributed by atoms with E-state index in [0.29, 0.717) is 10.9 Å². The summed E-state index contributed by atoms with van der Waals surface area (Å²) in [5.41, 5.74) is 6.68. The summed E-state index contributed by atoms with van der Waals surface area (Å²) in [5.74, 6) is -0.227. The Bertz CT molecular complexity index is 323. The first-order valence-corrected chi connectivity index (χ1v) is 5.47. The second-order valence-corrected chi connectivity index (χ2v) is 4.69. The van der Waals surface area contributed by atoms with Gasteiger partial charge in [0.25, 0.3) is 0 Å². The fourth-order valence-electron chi connectivity index (χ4n) is 1.25. The minimum Gasteiger partial charge on any atom is -0.325 e. The van der Waals surface area contributed by atoms with Crippen LogP contribution in [0, 0.1) is 5.82 Å². The molecule has 1 atom stereocenters. The number of nitrogens with two attached hydrogens (primary N) is 1. The van der Waals surface area contributed by atoms with Crippen LogP contribution in [-0.4, -0.2) is 5.54 Å². The van der Waals surface area contributed by atoms with Gasteiger partial charge in [0.1, 0.15) is 5.82 Å². The van der Waals surface area contributed by atoms with Gasteiger partial charge < -0.3 is 5.73 Å². The van der Waals surface area contributed by atoms with Crippen LogP contribution in [0.5, 0.6) is 0 Å². The van der Waals surface area contributed by atoms with Gasteiger partial charge in [-0.25, -0.2) is 4.39 Å². The van der Waals surface area contributed by atoms with Crippen molar-refractivity contribution in [2.24, 2.45) is 5.73 Å². The van der Waals surface area contributed by atoms with E-state index in [4.69, 9.17) is 5.73 Å². The second kappa shape index (κ2) is 4.41. The molecule has 0 fully saturated rings. The monoisotopic (exact) mass is 259 g/mol. The molecular weight excluding hydrogens is 245 g/mol. The van der Waals surface area contributed by atoms with Crippen LogP contribution in [0.1, 0.15) is 25.8 Å². The van der Waals surface area contributed by atoms with Crippen LogP contribution in [0.15, 0.2) is 22.7 Å². The van der Waals surface area contributed by atoms with E-state index < -0.39 is 0 Å². The highest BCUT2D eigenvalue weighted by atomic mass is 79.9. The molecule has 0 bridgehead atoms. The molecule has 0 saturated carbocycles. The molecule has 0 spiro atoms. The van der Waals surface area contributed by atoms with E-state index in [2.05, 4.69) is 15.9 Å². The maximum atomic E-state index is 13.2. The molecule has 1 aromatic rings. The number of benzene rings is 1. The standard InChI is InChI=1S/C11H15BrFN/c1-3-11(2,14)7-8-5-4-6-9(13)10(8)12/h4-6H,3,7,14H2,1-2H3.